The number of halogens is 1. The molecule has 0 aliphatic heterocycles. The van der Waals surface area contributed by atoms with Crippen molar-refractivity contribution < 1.29 is 4.79 Å². The van der Waals surface area contributed by atoms with Crippen molar-refractivity contribution in [3.8, 4) is 0 Å². The Kier molecular flexibility index (Phi) is 4.42. The van der Waals surface area contributed by atoms with Gasteiger partial charge in [-0.1, -0.05) is 25.1 Å². The zero-order valence-electron chi connectivity index (χ0n) is 10.4. The first kappa shape index (κ1) is 13.1. The van der Waals surface area contributed by atoms with Gasteiger partial charge in [0.2, 0.25) is 0 Å². The molecule has 2 rings (SSSR count). The standard InChI is InChI=1S/C14H17BrN2O/c1-10-6-8-11(9-7-10)16-17-14(18)12-4-2-3-5-13(12)15/h2-5,8,10,16H,6-7,9H2,1H3,(H,17,18). The minimum Gasteiger partial charge on any atom is -0.303 e. The number of hydrogen-bond donors (Lipinski definition) is 2. The van der Waals surface area contributed by atoms with Crippen molar-refractivity contribution in [3.63, 3.8) is 0 Å². The molecule has 0 heterocycles. The summed E-state index contributed by atoms with van der Waals surface area (Å²) in [7, 11) is 0. The van der Waals surface area contributed by atoms with Crippen LogP contribution in [-0.4, -0.2) is 5.91 Å². The second kappa shape index (κ2) is 6.05. The Bertz CT molecular complexity index is 471. The molecule has 1 aromatic rings. The maximum Gasteiger partial charge on any atom is 0.270 e. The van der Waals surface area contributed by atoms with Crippen molar-refractivity contribution in [3.05, 3.63) is 46.1 Å². The molecule has 1 aliphatic rings. The van der Waals surface area contributed by atoms with Crippen molar-refractivity contribution in [1.82, 2.24) is 10.9 Å². The summed E-state index contributed by atoms with van der Waals surface area (Å²) in [6, 6.07) is 7.38. The SMILES string of the molecule is CC1CC=C(NNC(=O)c2ccccc2Br)CC1. The van der Waals surface area contributed by atoms with E-state index in [4.69, 9.17) is 0 Å². The molecule has 2 N–H and O–H groups in total. The normalized spacial score (nSPS) is 19.0. The Balaban J connectivity index is 1.91. The summed E-state index contributed by atoms with van der Waals surface area (Å²) in [5.74, 6) is 0.622. The van der Waals surface area contributed by atoms with Crippen molar-refractivity contribution >= 4 is 21.8 Å². The maximum atomic E-state index is 11.9. The van der Waals surface area contributed by atoms with Crippen LogP contribution >= 0.6 is 15.9 Å². The molecule has 0 saturated carbocycles. The molecule has 1 atom stereocenters. The topological polar surface area (TPSA) is 41.1 Å². The summed E-state index contributed by atoms with van der Waals surface area (Å²) < 4.78 is 0.801. The highest BCUT2D eigenvalue weighted by Gasteiger charge is 2.12. The third-order valence-corrected chi connectivity index (χ3v) is 3.82. The van der Waals surface area contributed by atoms with E-state index in [1.54, 1.807) is 6.07 Å². The van der Waals surface area contributed by atoms with Gasteiger partial charge < -0.3 is 5.43 Å². The lowest BCUT2D eigenvalue weighted by atomic mass is 9.95. The molecule has 0 bridgehead atoms. The zero-order chi connectivity index (χ0) is 13.0. The lowest BCUT2D eigenvalue weighted by Crippen LogP contribution is -2.37. The third kappa shape index (κ3) is 3.35. The second-order valence-corrected chi connectivity index (χ2v) is 5.52. The van der Waals surface area contributed by atoms with E-state index in [1.165, 1.54) is 6.42 Å². The van der Waals surface area contributed by atoms with Gasteiger partial charge in [0.15, 0.2) is 0 Å². The second-order valence-electron chi connectivity index (χ2n) is 4.67. The van der Waals surface area contributed by atoms with Gasteiger partial charge in [0.05, 0.1) is 5.56 Å². The monoisotopic (exact) mass is 308 g/mol. The first-order valence-corrected chi connectivity index (χ1v) is 6.96. The van der Waals surface area contributed by atoms with Crippen molar-refractivity contribution in [2.24, 2.45) is 5.92 Å². The molecule has 3 nitrogen and oxygen atoms in total. The van der Waals surface area contributed by atoms with E-state index < -0.39 is 0 Å². The van der Waals surface area contributed by atoms with Gasteiger partial charge in [-0.05, 0) is 53.2 Å². The molecule has 18 heavy (non-hydrogen) atoms. The number of benzene rings is 1. The van der Waals surface area contributed by atoms with E-state index in [0.717, 1.165) is 28.9 Å². The number of carbonyl (C=O) groups is 1. The van der Waals surface area contributed by atoms with E-state index in [1.807, 2.05) is 18.2 Å². The lowest BCUT2D eigenvalue weighted by molar-refractivity contribution is 0.0937. The number of amides is 1. The molecular weight excluding hydrogens is 292 g/mol. The smallest absolute Gasteiger partial charge is 0.270 e. The zero-order valence-corrected chi connectivity index (χ0v) is 12.0. The van der Waals surface area contributed by atoms with Gasteiger partial charge in [-0.25, -0.2) is 0 Å². The van der Waals surface area contributed by atoms with Crippen LogP contribution in [0.25, 0.3) is 0 Å². The number of nitrogens with one attached hydrogen (secondary N) is 2. The van der Waals surface area contributed by atoms with Crippen LogP contribution in [0.2, 0.25) is 0 Å². The predicted octanol–water partition coefficient (Wildman–Crippen LogP) is 3.39. The molecule has 0 spiro atoms. The maximum absolute atomic E-state index is 11.9. The van der Waals surface area contributed by atoms with Gasteiger partial charge in [0.25, 0.3) is 5.91 Å². The van der Waals surface area contributed by atoms with Gasteiger partial charge in [-0.15, -0.1) is 0 Å². The third-order valence-electron chi connectivity index (χ3n) is 3.13. The average Bonchev–Trinajstić information content (AvgIpc) is 2.38. The number of hydrazine groups is 1. The Labute approximate surface area is 116 Å². The number of hydrogen-bond acceptors (Lipinski definition) is 2. The molecule has 1 amide bonds. The van der Waals surface area contributed by atoms with Crippen LogP contribution in [0.15, 0.2) is 40.5 Å². The van der Waals surface area contributed by atoms with Crippen LogP contribution in [0.1, 0.15) is 36.5 Å². The Morgan fingerprint density at radius 2 is 2.17 bits per heavy atom. The molecule has 4 heteroatoms. The molecule has 0 aromatic heterocycles. The highest BCUT2D eigenvalue weighted by Crippen LogP contribution is 2.21. The largest absolute Gasteiger partial charge is 0.303 e. The number of carbonyl (C=O) groups excluding carboxylic acids is 1. The fourth-order valence-electron chi connectivity index (χ4n) is 1.93. The molecular formula is C14H17BrN2O. The van der Waals surface area contributed by atoms with Gasteiger partial charge in [-0.2, -0.15) is 0 Å². The Morgan fingerprint density at radius 1 is 1.39 bits per heavy atom. The average molecular weight is 309 g/mol. The van der Waals surface area contributed by atoms with Crippen LogP contribution in [0.5, 0.6) is 0 Å². The quantitative estimate of drug-likeness (QED) is 0.840. The van der Waals surface area contributed by atoms with Gasteiger partial charge in [0.1, 0.15) is 0 Å². The first-order valence-electron chi connectivity index (χ1n) is 6.16. The molecule has 96 valence electrons. The van der Waals surface area contributed by atoms with E-state index >= 15 is 0 Å². The minimum atomic E-state index is -0.123. The van der Waals surface area contributed by atoms with Crippen LogP contribution in [-0.2, 0) is 0 Å². The van der Waals surface area contributed by atoms with Crippen molar-refractivity contribution in [2.45, 2.75) is 26.2 Å². The highest BCUT2D eigenvalue weighted by atomic mass is 79.9. The predicted molar refractivity (Wildman–Crippen MR) is 75.8 cm³/mol. The van der Waals surface area contributed by atoms with Crippen LogP contribution in [0, 0.1) is 5.92 Å². The molecule has 1 aromatic carbocycles. The summed E-state index contributed by atoms with van der Waals surface area (Å²) in [5.41, 5.74) is 7.48. The lowest BCUT2D eigenvalue weighted by Gasteiger charge is -2.19. The highest BCUT2D eigenvalue weighted by molar-refractivity contribution is 9.10. The summed E-state index contributed by atoms with van der Waals surface area (Å²) >= 11 is 3.37. The number of allylic oxidation sites excluding steroid dienone is 2. The number of rotatable bonds is 3. The Hall–Kier alpha value is -1.29. The first-order chi connectivity index (χ1) is 8.66. The van der Waals surface area contributed by atoms with Gasteiger partial charge in [0, 0.05) is 10.2 Å². The van der Waals surface area contributed by atoms with E-state index in [0.29, 0.717) is 5.56 Å². The molecule has 1 unspecified atom stereocenters. The van der Waals surface area contributed by atoms with Crippen molar-refractivity contribution in [2.75, 3.05) is 0 Å². The van der Waals surface area contributed by atoms with E-state index in [9.17, 15) is 4.79 Å². The van der Waals surface area contributed by atoms with Crippen LogP contribution in [0.3, 0.4) is 0 Å². The summed E-state index contributed by atoms with van der Waals surface area (Å²) in [6.07, 6.45) is 5.41. The van der Waals surface area contributed by atoms with Crippen LogP contribution < -0.4 is 10.9 Å². The summed E-state index contributed by atoms with van der Waals surface area (Å²) in [4.78, 5) is 11.9. The molecule has 0 saturated heterocycles. The fraction of sp³-hybridized carbons (Fsp3) is 0.357. The Morgan fingerprint density at radius 3 is 2.83 bits per heavy atom. The molecule has 0 fully saturated rings. The van der Waals surface area contributed by atoms with Crippen molar-refractivity contribution in [1.29, 1.82) is 0 Å². The summed E-state index contributed by atoms with van der Waals surface area (Å²) in [5, 5.41) is 0. The van der Waals surface area contributed by atoms with E-state index in [-0.39, 0.29) is 5.91 Å². The minimum absolute atomic E-state index is 0.123. The molecule has 0 radical (unpaired) electrons. The van der Waals surface area contributed by atoms with E-state index in [2.05, 4.69) is 39.8 Å². The molecule has 1 aliphatic carbocycles. The van der Waals surface area contributed by atoms with Gasteiger partial charge in [-0.3, -0.25) is 10.2 Å². The fourth-order valence-corrected chi connectivity index (χ4v) is 2.39. The van der Waals surface area contributed by atoms with Crippen LogP contribution in [0.4, 0.5) is 0 Å². The van der Waals surface area contributed by atoms with Gasteiger partial charge >= 0.3 is 0 Å². The summed E-state index contributed by atoms with van der Waals surface area (Å²) in [6.45, 7) is 2.24.